The van der Waals surface area contributed by atoms with Gasteiger partial charge in [0.25, 0.3) is 5.91 Å². The van der Waals surface area contributed by atoms with Crippen LogP contribution in [0.3, 0.4) is 0 Å². The van der Waals surface area contributed by atoms with Gasteiger partial charge in [-0.1, -0.05) is 11.6 Å². The average Bonchev–Trinajstić information content (AvgIpc) is 2.77. The highest BCUT2D eigenvalue weighted by atomic mass is 35.5. The molecule has 1 fully saturated rings. The van der Waals surface area contributed by atoms with Crippen LogP contribution in [0.25, 0.3) is 0 Å². The molecule has 3 rings (SSSR count). The Morgan fingerprint density at radius 2 is 1.53 bits per heavy atom. The SMILES string of the molecule is O=C(NCCSc1ccc(Cl)cc1)C(=O)N1CCN(C(=O)c2ccc(F)cc2)CC1. The first-order chi connectivity index (χ1) is 14.4. The molecule has 6 nitrogen and oxygen atoms in total. The van der Waals surface area contributed by atoms with E-state index in [0.29, 0.717) is 36.0 Å². The Bertz CT molecular complexity index is 901. The van der Waals surface area contributed by atoms with E-state index in [1.807, 2.05) is 12.1 Å². The van der Waals surface area contributed by atoms with E-state index in [-0.39, 0.29) is 19.0 Å². The Balaban J connectivity index is 1.39. The molecule has 30 heavy (non-hydrogen) atoms. The number of amides is 3. The van der Waals surface area contributed by atoms with Crippen molar-refractivity contribution in [2.24, 2.45) is 0 Å². The maximum atomic E-state index is 13.0. The molecule has 0 radical (unpaired) electrons. The van der Waals surface area contributed by atoms with E-state index < -0.39 is 17.6 Å². The van der Waals surface area contributed by atoms with Gasteiger partial charge in [0.15, 0.2) is 0 Å². The van der Waals surface area contributed by atoms with E-state index in [1.54, 1.807) is 28.8 Å². The first-order valence-electron chi connectivity index (χ1n) is 9.44. The lowest BCUT2D eigenvalue weighted by Gasteiger charge is -2.34. The summed E-state index contributed by atoms with van der Waals surface area (Å²) in [5, 5.41) is 3.30. The third-order valence-corrected chi connectivity index (χ3v) is 5.88. The van der Waals surface area contributed by atoms with E-state index >= 15 is 0 Å². The lowest BCUT2D eigenvalue weighted by atomic mass is 10.1. The van der Waals surface area contributed by atoms with Crippen LogP contribution < -0.4 is 5.32 Å². The highest BCUT2D eigenvalue weighted by Crippen LogP contribution is 2.19. The molecular weight excluding hydrogens is 429 g/mol. The zero-order chi connectivity index (χ0) is 21.5. The van der Waals surface area contributed by atoms with Crippen molar-refractivity contribution in [1.82, 2.24) is 15.1 Å². The second-order valence-corrected chi connectivity index (χ2v) is 8.25. The van der Waals surface area contributed by atoms with Crippen LogP contribution in [0.5, 0.6) is 0 Å². The topological polar surface area (TPSA) is 69.7 Å². The van der Waals surface area contributed by atoms with Gasteiger partial charge in [-0.3, -0.25) is 14.4 Å². The van der Waals surface area contributed by atoms with Gasteiger partial charge in [0.2, 0.25) is 0 Å². The molecule has 158 valence electrons. The first-order valence-corrected chi connectivity index (χ1v) is 10.8. The van der Waals surface area contributed by atoms with Crippen molar-refractivity contribution < 1.29 is 18.8 Å². The second kappa shape index (κ2) is 10.4. The van der Waals surface area contributed by atoms with Crippen LogP contribution in [-0.4, -0.2) is 66.0 Å². The van der Waals surface area contributed by atoms with Gasteiger partial charge in [-0.25, -0.2) is 4.39 Å². The molecule has 0 bridgehead atoms. The van der Waals surface area contributed by atoms with Crippen molar-refractivity contribution in [1.29, 1.82) is 0 Å². The lowest BCUT2D eigenvalue weighted by Crippen LogP contribution is -2.54. The minimum Gasteiger partial charge on any atom is -0.347 e. The van der Waals surface area contributed by atoms with Crippen molar-refractivity contribution in [3.8, 4) is 0 Å². The van der Waals surface area contributed by atoms with Crippen LogP contribution in [-0.2, 0) is 9.59 Å². The third kappa shape index (κ3) is 5.96. The molecule has 1 saturated heterocycles. The number of rotatable bonds is 5. The van der Waals surface area contributed by atoms with Gasteiger partial charge in [0.05, 0.1) is 0 Å². The number of halogens is 2. The molecule has 1 heterocycles. The van der Waals surface area contributed by atoms with Crippen LogP contribution in [0, 0.1) is 5.82 Å². The number of nitrogens with one attached hydrogen (secondary N) is 1. The predicted octanol–water partition coefficient (Wildman–Crippen LogP) is 2.67. The van der Waals surface area contributed by atoms with Gasteiger partial charge in [0.1, 0.15) is 5.82 Å². The Morgan fingerprint density at radius 1 is 0.933 bits per heavy atom. The van der Waals surface area contributed by atoms with Gasteiger partial charge >= 0.3 is 11.8 Å². The Hall–Kier alpha value is -2.58. The van der Waals surface area contributed by atoms with E-state index in [0.717, 1.165) is 4.90 Å². The zero-order valence-corrected chi connectivity index (χ0v) is 17.7. The van der Waals surface area contributed by atoms with E-state index in [4.69, 9.17) is 11.6 Å². The lowest BCUT2D eigenvalue weighted by molar-refractivity contribution is -0.146. The van der Waals surface area contributed by atoms with E-state index in [2.05, 4.69) is 5.32 Å². The highest BCUT2D eigenvalue weighted by molar-refractivity contribution is 7.99. The van der Waals surface area contributed by atoms with E-state index in [1.165, 1.54) is 29.2 Å². The van der Waals surface area contributed by atoms with Gasteiger partial charge in [-0.2, -0.15) is 0 Å². The average molecular weight is 450 g/mol. The van der Waals surface area contributed by atoms with Crippen molar-refractivity contribution in [3.05, 3.63) is 64.9 Å². The summed E-state index contributed by atoms with van der Waals surface area (Å²) in [4.78, 5) is 41.0. The predicted molar refractivity (Wildman–Crippen MR) is 114 cm³/mol. The molecule has 2 aromatic rings. The normalized spacial score (nSPS) is 13.8. The second-order valence-electron chi connectivity index (χ2n) is 6.65. The van der Waals surface area contributed by atoms with Crippen molar-refractivity contribution in [2.45, 2.75) is 4.90 Å². The monoisotopic (exact) mass is 449 g/mol. The molecule has 3 amide bonds. The number of hydrogen-bond acceptors (Lipinski definition) is 4. The Morgan fingerprint density at radius 3 is 2.17 bits per heavy atom. The maximum absolute atomic E-state index is 13.0. The zero-order valence-electron chi connectivity index (χ0n) is 16.1. The molecule has 0 spiro atoms. The Labute approximate surface area is 183 Å². The fraction of sp³-hybridized carbons (Fsp3) is 0.286. The number of carbonyl (C=O) groups is 3. The van der Waals surface area contributed by atoms with Crippen LogP contribution in [0.1, 0.15) is 10.4 Å². The summed E-state index contributed by atoms with van der Waals surface area (Å²) in [7, 11) is 0. The van der Waals surface area contributed by atoms with Crippen molar-refractivity contribution in [2.75, 3.05) is 38.5 Å². The summed E-state index contributed by atoms with van der Waals surface area (Å²) < 4.78 is 13.0. The van der Waals surface area contributed by atoms with Gasteiger partial charge in [0, 0.05) is 54.0 Å². The quantitative estimate of drug-likeness (QED) is 0.433. The number of benzene rings is 2. The molecule has 0 saturated carbocycles. The highest BCUT2D eigenvalue weighted by Gasteiger charge is 2.28. The molecule has 2 aromatic carbocycles. The van der Waals surface area contributed by atoms with E-state index in [9.17, 15) is 18.8 Å². The summed E-state index contributed by atoms with van der Waals surface area (Å²) in [5.74, 6) is -1.24. The number of piperazine rings is 1. The minimum atomic E-state index is -0.648. The summed E-state index contributed by atoms with van der Waals surface area (Å²) >= 11 is 7.40. The third-order valence-electron chi connectivity index (χ3n) is 4.61. The standard InChI is InChI=1S/C21H21ClFN3O3S/c22-16-3-7-18(8-4-16)30-14-9-24-19(27)21(29)26-12-10-25(11-13-26)20(28)15-1-5-17(23)6-2-15/h1-8H,9-14H2,(H,24,27). The number of hydrogen-bond donors (Lipinski definition) is 1. The molecule has 0 aliphatic carbocycles. The number of carbonyl (C=O) groups excluding carboxylic acids is 3. The first kappa shape index (κ1) is 22.1. The van der Waals surface area contributed by atoms with Gasteiger partial charge < -0.3 is 15.1 Å². The molecule has 0 aromatic heterocycles. The maximum Gasteiger partial charge on any atom is 0.312 e. The summed E-state index contributed by atoms with van der Waals surface area (Å²) in [5.41, 5.74) is 0.395. The van der Waals surface area contributed by atoms with Crippen molar-refractivity contribution >= 4 is 41.1 Å². The summed E-state index contributed by atoms with van der Waals surface area (Å²) in [6, 6.07) is 12.7. The number of thioether (sulfide) groups is 1. The Kier molecular flexibility index (Phi) is 7.70. The molecule has 0 unspecified atom stereocenters. The molecular formula is C21H21ClFN3O3S. The minimum absolute atomic E-state index is 0.217. The summed E-state index contributed by atoms with van der Waals surface area (Å²) in [6.07, 6.45) is 0. The molecule has 1 N–H and O–H groups in total. The molecule has 9 heteroatoms. The molecule has 1 aliphatic rings. The van der Waals surface area contributed by atoms with Crippen LogP contribution >= 0.6 is 23.4 Å². The number of nitrogens with zero attached hydrogens (tertiary/aromatic N) is 2. The fourth-order valence-electron chi connectivity index (χ4n) is 2.97. The smallest absolute Gasteiger partial charge is 0.312 e. The van der Waals surface area contributed by atoms with Gasteiger partial charge in [-0.15, -0.1) is 11.8 Å². The largest absolute Gasteiger partial charge is 0.347 e. The molecule has 1 aliphatic heterocycles. The fourth-order valence-corrected chi connectivity index (χ4v) is 3.87. The van der Waals surface area contributed by atoms with Crippen LogP contribution in [0.2, 0.25) is 5.02 Å². The van der Waals surface area contributed by atoms with Crippen LogP contribution in [0.15, 0.2) is 53.4 Å². The van der Waals surface area contributed by atoms with Gasteiger partial charge in [-0.05, 0) is 48.5 Å². The van der Waals surface area contributed by atoms with Crippen LogP contribution in [0.4, 0.5) is 4.39 Å². The molecule has 0 atom stereocenters. The van der Waals surface area contributed by atoms with Crippen molar-refractivity contribution in [3.63, 3.8) is 0 Å². The summed E-state index contributed by atoms with van der Waals surface area (Å²) in [6.45, 7) is 1.56.